The highest BCUT2D eigenvalue weighted by Gasteiger charge is 2.23. The second-order valence-electron chi connectivity index (χ2n) is 7.59. The molecule has 0 radical (unpaired) electrons. The molecule has 29 heavy (non-hydrogen) atoms. The highest BCUT2D eigenvalue weighted by Crippen LogP contribution is 2.23. The highest BCUT2D eigenvalue weighted by atomic mass is 127. The minimum Gasteiger partial charge on any atom is -0.379 e. The fraction of sp³-hybridized carbons (Fsp3) is 0.667. The van der Waals surface area contributed by atoms with Gasteiger partial charge in [0.25, 0.3) is 0 Å². The summed E-state index contributed by atoms with van der Waals surface area (Å²) < 4.78 is 18.9. The molecule has 8 heteroatoms. The maximum Gasteiger partial charge on any atom is 0.191 e. The summed E-state index contributed by atoms with van der Waals surface area (Å²) in [6, 6.07) is 7.50. The Morgan fingerprint density at radius 1 is 1.21 bits per heavy atom. The third-order valence-electron chi connectivity index (χ3n) is 5.68. The van der Waals surface area contributed by atoms with E-state index in [1.54, 1.807) is 0 Å². The Kier molecular flexibility index (Phi) is 10.6. The van der Waals surface area contributed by atoms with Crippen molar-refractivity contribution in [2.45, 2.75) is 31.8 Å². The predicted octanol–water partition coefficient (Wildman–Crippen LogP) is 2.47. The van der Waals surface area contributed by atoms with Crippen LogP contribution in [-0.4, -0.2) is 81.3 Å². The summed E-state index contributed by atoms with van der Waals surface area (Å²) in [6.45, 7) is 8.81. The van der Waals surface area contributed by atoms with E-state index in [0.29, 0.717) is 12.6 Å². The van der Waals surface area contributed by atoms with Gasteiger partial charge in [-0.1, -0.05) is 12.1 Å². The molecule has 2 N–H and O–H groups in total. The molecule has 0 spiro atoms. The summed E-state index contributed by atoms with van der Waals surface area (Å²) in [5.74, 6) is 0.645. The van der Waals surface area contributed by atoms with Crippen molar-refractivity contribution < 1.29 is 9.13 Å². The van der Waals surface area contributed by atoms with E-state index in [2.05, 4.69) is 34.4 Å². The first-order valence-corrected chi connectivity index (χ1v) is 10.5. The standard InChI is InChI=1S/C21H34FN5O.HI/c1-3-23-21(24-15-19-5-4-10-26(19)2)25-16-20(27-11-13-28-14-12-27)17-6-8-18(22)9-7-17;/h6-9,19-20H,3-5,10-16H2,1-2H3,(H2,23,24,25);1H. The Morgan fingerprint density at radius 3 is 2.55 bits per heavy atom. The summed E-state index contributed by atoms with van der Waals surface area (Å²) in [5, 5.41) is 6.86. The van der Waals surface area contributed by atoms with E-state index in [0.717, 1.165) is 50.9 Å². The number of hydrogen-bond donors (Lipinski definition) is 2. The number of guanidine groups is 1. The number of nitrogens with zero attached hydrogens (tertiary/aromatic N) is 3. The van der Waals surface area contributed by atoms with Crippen molar-refractivity contribution in [2.75, 3.05) is 59.5 Å². The molecular weight excluding hydrogens is 484 g/mol. The van der Waals surface area contributed by atoms with Crippen LogP contribution in [0.25, 0.3) is 0 Å². The van der Waals surface area contributed by atoms with Gasteiger partial charge in [0.05, 0.1) is 25.8 Å². The van der Waals surface area contributed by atoms with Gasteiger partial charge in [0, 0.05) is 32.2 Å². The van der Waals surface area contributed by atoms with Gasteiger partial charge in [-0.2, -0.15) is 0 Å². The van der Waals surface area contributed by atoms with Gasteiger partial charge < -0.3 is 20.3 Å². The second-order valence-corrected chi connectivity index (χ2v) is 7.59. The van der Waals surface area contributed by atoms with E-state index in [1.807, 2.05) is 12.1 Å². The Bertz CT molecular complexity index is 624. The van der Waals surface area contributed by atoms with Crippen LogP contribution < -0.4 is 10.6 Å². The molecule has 0 amide bonds. The number of likely N-dealkylation sites (tertiary alicyclic amines) is 1. The number of nitrogens with one attached hydrogen (secondary N) is 2. The van der Waals surface area contributed by atoms with Crippen molar-refractivity contribution in [1.29, 1.82) is 0 Å². The lowest BCUT2D eigenvalue weighted by Gasteiger charge is -2.34. The van der Waals surface area contributed by atoms with E-state index in [9.17, 15) is 4.39 Å². The van der Waals surface area contributed by atoms with Crippen LogP contribution in [0.4, 0.5) is 4.39 Å². The lowest BCUT2D eigenvalue weighted by atomic mass is 10.0. The number of aliphatic imine (C=N–C) groups is 1. The molecule has 2 heterocycles. The molecule has 0 bridgehead atoms. The molecule has 2 unspecified atom stereocenters. The number of morpholine rings is 1. The average Bonchev–Trinajstić information content (AvgIpc) is 3.13. The maximum atomic E-state index is 13.4. The molecule has 2 fully saturated rings. The molecule has 2 aliphatic heterocycles. The van der Waals surface area contributed by atoms with Crippen molar-refractivity contribution >= 4 is 29.9 Å². The van der Waals surface area contributed by atoms with Gasteiger partial charge in [-0.15, -0.1) is 24.0 Å². The van der Waals surface area contributed by atoms with Crippen molar-refractivity contribution in [3.8, 4) is 0 Å². The molecule has 1 aromatic rings. The van der Waals surface area contributed by atoms with Gasteiger partial charge in [-0.3, -0.25) is 9.89 Å². The smallest absolute Gasteiger partial charge is 0.191 e. The van der Waals surface area contributed by atoms with Crippen molar-refractivity contribution in [3.05, 3.63) is 35.6 Å². The molecule has 2 aliphatic rings. The van der Waals surface area contributed by atoms with Gasteiger partial charge in [0.2, 0.25) is 0 Å². The zero-order valence-electron chi connectivity index (χ0n) is 17.6. The van der Waals surface area contributed by atoms with Gasteiger partial charge in [-0.05, 0) is 51.1 Å². The number of halogens is 2. The molecular formula is C21H35FIN5O. The number of hydrogen-bond acceptors (Lipinski definition) is 4. The number of benzene rings is 1. The fourth-order valence-corrected chi connectivity index (χ4v) is 3.98. The van der Waals surface area contributed by atoms with Gasteiger partial charge in [0.15, 0.2) is 5.96 Å². The Hall–Kier alpha value is -0.970. The van der Waals surface area contributed by atoms with E-state index in [4.69, 9.17) is 9.73 Å². The first-order chi connectivity index (χ1) is 13.7. The summed E-state index contributed by atoms with van der Waals surface area (Å²) in [6.07, 6.45) is 2.50. The largest absolute Gasteiger partial charge is 0.379 e. The molecule has 3 rings (SSSR count). The lowest BCUT2D eigenvalue weighted by Crippen LogP contribution is -2.45. The van der Waals surface area contributed by atoms with Gasteiger partial charge >= 0.3 is 0 Å². The molecule has 0 aliphatic carbocycles. The highest BCUT2D eigenvalue weighted by molar-refractivity contribution is 14.0. The third-order valence-corrected chi connectivity index (χ3v) is 5.68. The minimum absolute atomic E-state index is 0. The fourth-order valence-electron chi connectivity index (χ4n) is 3.98. The minimum atomic E-state index is -0.205. The summed E-state index contributed by atoms with van der Waals surface area (Å²) in [5.41, 5.74) is 1.10. The predicted molar refractivity (Wildman–Crippen MR) is 127 cm³/mol. The Labute approximate surface area is 191 Å². The lowest BCUT2D eigenvalue weighted by molar-refractivity contribution is 0.0179. The molecule has 1 aromatic carbocycles. The van der Waals surface area contributed by atoms with Gasteiger partial charge in [0.1, 0.15) is 5.82 Å². The van der Waals surface area contributed by atoms with Crippen LogP contribution in [0, 0.1) is 5.82 Å². The summed E-state index contributed by atoms with van der Waals surface area (Å²) in [7, 11) is 2.19. The van der Waals surface area contributed by atoms with Crippen molar-refractivity contribution in [3.63, 3.8) is 0 Å². The molecule has 2 atom stereocenters. The molecule has 0 saturated carbocycles. The van der Waals surface area contributed by atoms with Crippen LogP contribution in [0.15, 0.2) is 29.3 Å². The SMILES string of the molecule is CCNC(=NCC(c1ccc(F)cc1)N1CCOCC1)NCC1CCCN1C.I. The number of rotatable bonds is 7. The first-order valence-electron chi connectivity index (χ1n) is 10.5. The number of likely N-dealkylation sites (N-methyl/N-ethyl adjacent to an activating group) is 1. The van der Waals surface area contributed by atoms with Crippen LogP contribution in [0.2, 0.25) is 0 Å². The quantitative estimate of drug-likeness (QED) is 0.330. The first kappa shape index (κ1) is 24.3. The van der Waals surface area contributed by atoms with Crippen LogP contribution in [0.1, 0.15) is 31.4 Å². The topological polar surface area (TPSA) is 52.1 Å². The van der Waals surface area contributed by atoms with Crippen molar-refractivity contribution in [1.82, 2.24) is 20.4 Å². The van der Waals surface area contributed by atoms with E-state index < -0.39 is 0 Å². The van der Waals surface area contributed by atoms with Crippen LogP contribution in [0.5, 0.6) is 0 Å². The number of ether oxygens (including phenoxy) is 1. The monoisotopic (exact) mass is 519 g/mol. The Morgan fingerprint density at radius 2 is 1.93 bits per heavy atom. The summed E-state index contributed by atoms with van der Waals surface area (Å²) >= 11 is 0. The van der Waals surface area contributed by atoms with E-state index in [-0.39, 0.29) is 35.8 Å². The maximum absolute atomic E-state index is 13.4. The molecule has 0 aromatic heterocycles. The normalized spacial score (nSPS) is 22.2. The molecule has 6 nitrogen and oxygen atoms in total. The average molecular weight is 519 g/mol. The van der Waals surface area contributed by atoms with E-state index in [1.165, 1.54) is 31.5 Å². The van der Waals surface area contributed by atoms with Crippen LogP contribution >= 0.6 is 24.0 Å². The zero-order chi connectivity index (χ0) is 19.8. The van der Waals surface area contributed by atoms with Crippen LogP contribution in [0.3, 0.4) is 0 Å². The molecule has 2 saturated heterocycles. The third kappa shape index (κ3) is 7.34. The van der Waals surface area contributed by atoms with Crippen LogP contribution in [-0.2, 0) is 4.74 Å². The van der Waals surface area contributed by atoms with Crippen molar-refractivity contribution in [2.24, 2.45) is 4.99 Å². The second kappa shape index (κ2) is 12.7. The van der Waals surface area contributed by atoms with E-state index >= 15 is 0 Å². The molecule has 164 valence electrons. The summed E-state index contributed by atoms with van der Waals surface area (Å²) in [4.78, 5) is 9.67. The zero-order valence-corrected chi connectivity index (χ0v) is 19.9. The van der Waals surface area contributed by atoms with Gasteiger partial charge in [-0.25, -0.2) is 4.39 Å². The Balaban J connectivity index is 0.00000300.